The first-order chi connectivity index (χ1) is 4.43. The zero-order chi connectivity index (χ0) is 6.53. The molecule has 0 fully saturated rings. The second-order valence-electron chi connectivity index (χ2n) is 1.26. The molecular formula is C7H3NO. The van der Waals surface area contributed by atoms with Crippen LogP contribution in [0.1, 0.15) is 0 Å². The maximum absolute atomic E-state index is 4.82. The third-order valence-electron chi connectivity index (χ3n) is 0.703. The Kier molecular flexibility index (Phi) is 1.57. The second-order valence-corrected chi connectivity index (χ2v) is 1.26. The van der Waals surface area contributed by atoms with Crippen molar-refractivity contribution < 1.29 is 4.74 Å². The average molecular weight is 117 g/mol. The number of aliphatic imine (C=N–C) groups is 1. The number of allylic oxidation sites excluding steroid dienone is 2. The minimum atomic E-state index is 0.372. The first kappa shape index (κ1) is 5.47. The topological polar surface area (TPSA) is 21.6 Å². The van der Waals surface area contributed by atoms with Crippen molar-refractivity contribution in [1.82, 2.24) is 0 Å². The van der Waals surface area contributed by atoms with Crippen LogP contribution in [0.2, 0.25) is 0 Å². The van der Waals surface area contributed by atoms with Crippen LogP contribution in [0.4, 0.5) is 0 Å². The summed E-state index contributed by atoms with van der Waals surface area (Å²) in [6.45, 7) is 0. The van der Waals surface area contributed by atoms with E-state index in [0.29, 0.717) is 5.88 Å². The lowest BCUT2D eigenvalue weighted by molar-refractivity contribution is 0.382. The predicted octanol–water partition coefficient (Wildman–Crippen LogP) is 0.830. The van der Waals surface area contributed by atoms with Crippen LogP contribution in [0.3, 0.4) is 0 Å². The van der Waals surface area contributed by atoms with Gasteiger partial charge in [-0.25, -0.2) is 0 Å². The van der Waals surface area contributed by atoms with Crippen molar-refractivity contribution in [3.63, 3.8) is 0 Å². The van der Waals surface area contributed by atoms with Crippen molar-refractivity contribution in [2.24, 2.45) is 4.99 Å². The van der Waals surface area contributed by atoms with Gasteiger partial charge in [0.1, 0.15) is 6.11 Å². The summed E-state index contributed by atoms with van der Waals surface area (Å²) >= 11 is 0. The Balaban J connectivity index is 2.71. The Hall–Kier alpha value is -1.67. The fraction of sp³-hybridized carbons (Fsp3) is 0. The number of ether oxygens (including phenoxy) is 1. The molecule has 2 nitrogen and oxygen atoms in total. The standard InChI is InChI=1S/C7H3NO/c1-2-9-7-5-3-4-6-8-7/h1,3,5H. The smallest absolute Gasteiger partial charge is 0.240 e. The van der Waals surface area contributed by atoms with E-state index in [1.165, 1.54) is 0 Å². The average Bonchev–Trinajstić information content (AvgIpc) is 1.91. The van der Waals surface area contributed by atoms with Gasteiger partial charge in [0.05, 0.1) is 0 Å². The van der Waals surface area contributed by atoms with Gasteiger partial charge in [-0.1, -0.05) is 6.42 Å². The molecule has 0 spiro atoms. The summed E-state index contributed by atoms with van der Waals surface area (Å²) in [5.74, 6) is 2.82. The van der Waals surface area contributed by atoms with E-state index in [0.717, 1.165) is 0 Å². The van der Waals surface area contributed by atoms with Gasteiger partial charge < -0.3 is 4.74 Å². The zero-order valence-corrected chi connectivity index (χ0v) is 4.59. The Morgan fingerprint density at radius 3 is 3.22 bits per heavy atom. The first-order valence-corrected chi connectivity index (χ1v) is 2.30. The quantitative estimate of drug-likeness (QED) is 0.368. The van der Waals surface area contributed by atoms with Gasteiger partial charge in [0.2, 0.25) is 5.88 Å². The number of rotatable bonds is 1. The van der Waals surface area contributed by atoms with Crippen LogP contribution in [0.15, 0.2) is 28.8 Å². The van der Waals surface area contributed by atoms with E-state index in [9.17, 15) is 0 Å². The van der Waals surface area contributed by atoms with Crippen molar-refractivity contribution in [2.75, 3.05) is 0 Å². The van der Waals surface area contributed by atoms with Crippen LogP contribution in [0.25, 0.3) is 0 Å². The fourth-order valence-electron chi connectivity index (χ4n) is 0.392. The molecule has 0 saturated carbocycles. The van der Waals surface area contributed by atoms with E-state index in [4.69, 9.17) is 6.42 Å². The van der Waals surface area contributed by atoms with Crippen molar-refractivity contribution in [1.29, 1.82) is 0 Å². The molecule has 0 amide bonds. The highest BCUT2D eigenvalue weighted by molar-refractivity contribution is 5.54. The summed E-state index contributed by atoms with van der Waals surface area (Å²) in [7, 11) is 0. The van der Waals surface area contributed by atoms with Crippen LogP contribution in [-0.2, 0) is 4.74 Å². The molecule has 0 saturated heterocycles. The fourth-order valence-corrected chi connectivity index (χ4v) is 0.392. The van der Waals surface area contributed by atoms with Crippen molar-refractivity contribution in [2.45, 2.75) is 0 Å². The van der Waals surface area contributed by atoms with Gasteiger partial charge in [0, 0.05) is 11.9 Å². The molecule has 9 heavy (non-hydrogen) atoms. The van der Waals surface area contributed by atoms with Crippen LogP contribution in [-0.4, -0.2) is 5.87 Å². The van der Waals surface area contributed by atoms with E-state index in [2.05, 4.69) is 21.3 Å². The monoisotopic (exact) mass is 117 g/mol. The molecule has 42 valence electrons. The van der Waals surface area contributed by atoms with Gasteiger partial charge in [-0.05, 0) is 11.8 Å². The van der Waals surface area contributed by atoms with Gasteiger partial charge in [-0.2, -0.15) is 4.99 Å². The van der Waals surface area contributed by atoms with Gasteiger partial charge in [0.25, 0.3) is 0 Å². The number of hydrogen-bond donors (Lipinski definition) is 0. The summed E-state index contributed by atoms with van der Waals surface area (Å²) < 4.78 is 4.57. The minimum Gasteiger partial charge on any atom is -0.387 e. The van der Waals surface area contributed by atoms with Crippen LogP contribution < -0.4 is 0 Å². The Morgan fingerprint density at radius 2 is 2.67 bits per heavy atom. The molecular weight excluding hydrogens is 114 g/mol. The molecule has 0 radical (unpaired) electrons. The Bertz CT molecular complexity index is 268. The van der Waals surface area contributed by atoms with E-state index >= 15 is 0 Å². The Labute approximate surface area is 52.9 Å². The SMILES string of the molecule is C#COC1=CC=C=C=N1. The van der Waals surface area contributed by atoms with Gasteiger partial charge in [0.15, 0.2) is 0 Å². The summed E-state index contributed by atoms with van der Waals surface area (Å²) in [6.07, 6.45) is 10.0. The summed E-state index contributed by atoms with van der Waals surface area (Å²) in [5.41, 5.74) is 2.61. The first-order valence-electron chi connectivity index (χ1n) is 2.30. The zero-order valence-electron chi connectivity index (χ0n) is 4.59. The van der Waals surface area contributed by atoms with Gasteiger partial charge in [-0.15, -0.1) is 0 Å². The van der Waals surface area contributed by atoms with Gasteiger partial charge >= 0.3 is 0 Å². The Morgan fingerprint density at radius 1 is 1.78 bits per heavy atom. The molecule has 1 rings (SSSR count). The molecule has 0 aromatic heterocycles. The van der Waals surface area contributed by atoms with Crippen molar-refractivity contribution in [3.05, 3.63) is 23.8 Å². The number of terminal acetylenes is 1. The molecule has 1 aliphatic rings. The van der Waals surface area contributed by atoms with Crippen LogP contribution in [0.5, 0.6) is 0 Å². The lowest BCUT2D eigenvalue weighted by atomic mass is 10.5. The van der Waals surface area contributed by atoms with E-state index in [-0.39, 0.29) is 0 Å². The number of nitrogens with zero attached hydrogens (tertiary/aromatic N) is 1. The van der Waals surface area contributed by atoms with E-state index in [1.807, 2.05) is 6.11 Å². The van der Waals surface area contributed by atoms with Crippen molar-refractivity contribution >= 4 is 5.87 Å². The molecule has 0 aromatic rings. The minimum absolute atomic E-state index is 0.372. The summed E-state index contributed by atoms with van der Waals surface area (Å²) in [6, 6.07) is 0. The molecule has 0 N–H and O–H groups in total. The van der Waals surface area contributed by atoms with Crippen molar-refractivity contribution in [3.8, 4) is 12.5 Å². The number of hydrogen-bond acceptors (Lipinski definition) is 2. The van der Waals surface area contributed by atoms with Crippen LogP contribution >= 0.6 is 0 Å². The summed E-state index contributed by atoms with van der Waals surface area (Å²) in [4.78, 5) is 3.62. The largest absolute Gasteiger partial charge is 0.387 e. The maximum atomic E-state index is 4.82. The highest BCUT2D eigenvalue weighted by Gasteiger charge is 1.89. The molecule has 0 unspecified atom stereocenters. The molecule has 0 atom stereocenters. The molecule has 0 aliphatic carbocycles. The predicted molar refractivity (Wildman–Crippen MR) is 33.5 cm³/mol. The molecule has 2 heteroatoms. The van der Waals surface area contributed by atoms with Gasteiger partial charge in [-0.3, -0.25) is 0 Å². The molecule has 0 aromatic carbocycles. The maximum Gasteiger partial charge on any atom is 0.240 e. The highest BCUT2D eigenvalue weighted by atomic mass is 16.5. The lowest BCUT2D eigenvalue weighted by Crippen LogP contribution is -1.80. The molecule has 1 aliphatic heterocycles. The molecule has 0 bridgehead atoms. The normalized spacial score (nSPS) is 12.6. The lowest BCUT2D eigenvalue weighted by Gasteiger charge is -1.91. The third-order valence-corrected chi connectivity index (χ3v) is 0.703. The van der Waals surface area contributed by atoms with E-state index < -0.39 is 0 Å². The van der Waals surface area contributed by atoms with E-state index in [1.54, 1.807) is 12.2 Å². The second kappa shape index (κ2) is 2.59. The highest BCUT2D eigenvalue weighted by Crippen LogP contribution is 1.98. The summed E-state index contributed by atoms with van der Waals surface area (Å²) in [5, 5.41) is 0. The third kappa shape index (κ3) is 1.36. The molecule has 1 heterocycles. The van der Waals surface area contributed by atoms with Crippen LogP contribution in [0, 0.1) is 12.5 Å².